The summed E-state index contributed by atoms with van der Waals surface area (Å²) < 4.78 is 0. The Morgan fingerprint density at radius 1 is 0.882 bits per heavy atom. The van der Waals surface area contributed by atoms with E-state index in [2.05, 4.69) is 71.6 Å². The largest absolute Gasteiger partial charge is 0.363 e. The van der Waals surface area contributed by atoms with E-state index in [9.17, 15) is 0 Å². The third-order valence-corrected chi connectivity index (χ3v) is 3.12. The number of rotatable bonds is 2. The summed E-state index contributed by atoms with van der Waals surface area (Å²) in [5.41, 5.74) is 4.01. The maximum atomic E-state index is 2.41. The summed E-state index contributed by atoms with van der Waals surface area (Å²) in [6.45, 7) is 1.97. The van der Waals surface area contributed by atoms with Crippen molar-refractivity contribution in [3.05, 3.63) is 71.8 Å². The molecule has 0 amide bonds. The summed E-state index contributed by atoms with van der Waals surface area (Å²) in [6.07, 6.45) is 4.43. The summed E-state index contributed by atoms with van der Waals surface area (Å²) in [6, 6.07) is 19.2. The van der Waals surface area contributed by atoms with E-state index in [1.165, 1.54) is 16.8 Å². The zero-order chi connectivity index (χ0) is 11.5. The molecule has 0 aromatic heterocycles. The van der Waals surface area contributed by atoms with Crippen molar-refractivity contribution in [1.29, 1.82) is 0 Å². The van der Waals surface area contributed by atoms with Crippen LogP contribution in [0.25, 0.3) is 6.08 Å². The topological polar surface area (TPSA) is 3.24 Å². The molecule has 0 bridgehead atoms. The maximum absolute atomic E-state index is 2.41. The predicted molar refractivity (Wildman–Crippen MR) is 73.0 cm³/mol. The molecule has 1 heterocycles. The number of para-hydroxylation sites is 1. The van der Waals surface area contributed by atoms with Crippen molar-refractivity contribution >= 4 is 11.8 Å². The van der Waals surface area contributed by atoms with Gasteiger partial charge < -0.3 is 4.90 Å². The monoisotopic (exact) mass is 221 g/mol. The molecule has 2 aromatic carbocycles. The summed E-state index contributed by atoms with van der Waals surface area (Å²) in [4.78, 5) is 2.41. The Labute approximate surface area is 102 Å². The molecule has 1 nitrogen and oxygen atoms in total. The number of nitrogens with zero attached hydrogens (tertiary/aromatic N) is 1. The van der Waals surface area contributed by atoms with E-state index < -0.39 is 0 Å². The summed E-state index contributed by atoms with van der Waals surface area (Å²) >= 11 is 0. The van der Waals surface area contributed by atoms with Crippen LogP contribution >= 0.6 is 0 Å². The van der Waals surface area contributed by atoms with Crippen LogP contribution in [-0.4, -0.2) is 6.54 Å². The van der Waals surface area contributed by atoms with Crippen LogP contribution in [-0.2, 0) is 6.54 Å². The second-order valence-corrected chi connectivity index (χ2v) is 4.33. The van der Waals surface area contributed by atoms with Gasteiger partial charge in [-0.1, -0.05) is 60.7 Å². The molecule has 84 valence electrons. The van der Waals surface area contributed by atoms with Crippen molar-refractivity contribution in [1.82, 2.24) is 0 Å². The molecule has 0 radical (unpaired) electrons. The smallest absolute Gasteiger partial charge is 0.0445 e. The highest BCUT2D eigenvalue weighted by Crippen LogP contribution is 2.26. The van der Waals surface area contributed by atoms with Crippen molar-refractivity contribution in [3.63, 3.8) is 0 Å². The highest BCUT2D eigenvalue weighted by Gasteiger charge is 2.11. The van der Waals surface area contributed by atoms with Gasteiger partial charge in [0.1, 0.15) is 0 Å². The SMILES string of the molecule is C1=Cc2ccccc2N(Cc2ccccc2)C1. The Hall–Kier alpha value is -2.02. The Kier molecular flexibility index (Phi) is 2.66. The lowest BCUT2D eigenvalue weighted by Gasteiger charge is -2.28. The number of hydrogen-bond acceptors (Lipinski definition) is 1. The standard InChI is InChI=1S/C16H15N/c1-2-7-14(8-3-1)13-17-12-6-10-15-9-4-5-11-16(15)17/h1-11H,12-13H2. The van der Waals surface area contributed by atoms with Crippen molar-refractivity contribution < 1.29 is 0 Å². The van der Waals surface area contributed by atoms with Crippen molar-refractivity contribution in [2.45, 2.75) is 6.54 Å². The molecular weight excluding hydrogens is 206 g/mol. The molecule has 0 aliphatic carbocycles. The van der Waals surface area contributed by atoms with Gasteiger partial charge in [-0.15, -0.1) is 0 Å². The minimum absolute atomic E-state index is 0.974. The highest BCUT2D eigenvalue weighted by atomic mass is 15.1. The zero-order valence-electron chi connectivity index (χ0n) is 9.71. The van der Waals surface area contributed by atoms with Crippen LogP contribution in [0.4, 0.5) is 5.69 Å². The van der Waals surface area contributed by atoms with Gasteiger partial charge in [0.05, 0.1) is 0 Å². The van der Waals surface area contributed by atoms with Crippen molar-refractivity contribution in [3.8, 4) is 0 Å². The van der Waals surface area contributed by atoms with Crippen LogP contribution < -0.4 is 4.90 Å². The predicted octanol–water partition coefficient (Wildman–Crippen LogP) is 3.72. The first kappa shape index (κ1) is 10.2. The van der Waals surface area contributed by atoms with Crippen LogP contribution in [0.5, 0.6) is 0 Å². The number of benzene rings is 2. The molecule has 17 heavy (non-hydrogen) atoms. The average molecular weight is 221 g/mol. The zero-order valence-corrected chi connectivity index (χ0v) is 9.71. The van der Waals surface area contributed by atoms with E-state index in [4.69, 9.17) is 0 Å². The van der Waals surface area contributed by atoms with Gasteiger partial charge in [-0.25, -0.2) is 0 Å². The van der Waals surface area contributed by atoms with E-state index >= 15 is 0 Å². The van der Waals surface area contributed by atoms with Gasteiger partial charge in [-0.2, -0.15) is 0 Å². The molecule has 2 aromatic rings. The lowest BCUT2D eigenvalue weighted by molar-refractivity contribution is 0.861. The van der Waals surface area contributed by atoms with Gasteiger partial charge >= 0.3 is 0 Å². The minimum atomic E-state index is 0.974. The quantitative estimate of drug-likeness (QED) is 0.747. The summed E-state index contributed by atoms with van der Waals surface area (Å²) in [7, 11) is 0. The third-order valence-electron chi connectivity index (χ3n) is 3.12. The van der Waals surface area contributed by atoms with Crippen molar-refractivity contribution in [2.75, 3.05) is 11.4 Å². The molecule has 0 unspecified atom stereocenters. The van der Waals surface area contributed by atoms with Crippen LogP contribution in [0.1, 0.15) is 11.1 Å². The van der Waals surface area contributed by atoms with E-state index in [-0.39, 0.29) is 0 Å². The van der Waals surface area contributed by atoms with Gasteiger partial charge in [-0.05, 0) is 17.2 Å². The Bertz CT molecular complexity index is 528. The molecule has 1 aliphatic rings. The van der Waals surface area contributed by atoms with Gasteiger partial charge in [0.2, 0.25) is 0 Å². The molecule has 0 fully saturated rings. The Balaban J connectivity index is 1.88. The van der Waals surface area contributed by atoms with E-state index in [1.54, 1.807) is 0 Å². The number of hydrogen-bond donors (Lipinski definition) is 0. The molecule has 1 heteroatoms. The molecule has 3 rings (SSSR count). The minimum Gasteiger partial charge on any atom is -0.363 e. The van der Waals surface area contributed by atoms with Crippen LogP contribution in [0.15, 0.2) is 60.7 Å². The molecule has 1 aliphatic heterocycles. The summed E-state index contributed by atoms with van der Waals surface area (Å²) in [5.74, 6) is 0. The fourth-order valence-corrected chi connectivity index (χ4v) is 2.28. The molecule has 0 atom stereocenters. The van der Waals surface area contributed by atoms with Gasteiger partial charge in [-0.3, -0.25) is 0 Å². The van der Waals surface area contributed by atoms with Gasteiger partial charge in [0.25, 0.3) is 0 Å². The first-order chi connectivity index (χ1) is 8.43. The first-order valence-corrected chi connectivity index (χ1v) is 5.98. The fraction of sp³-hybridized carbons (Fsp3) is 0.125. The van der Waals surface area contributed by atoms with Gasteiger partial charge in [0.15, 0.2) is 0 Å². The lowest BCUT2D eigenvalue weighted by atomic mass is 10.1. The second kappa shape index (κ2) is 4.46. The summed E-state index contributed by atoms with van der Waals surface area (Å²) in [5, 5.41) is 0. The first-order valence-electron chi connectivity index (χ1n) is 5.98. The number of anilines is 1. The fourth-order valence-electron chi connectivity index (χ4n) is 2.28. The molecule has 0 saturated carbocycles. The normalized spacial score (nSPS) is 13.5. The maximum Gasteiger partial charge on any atom is 0.0445 e. The van der Waals surface area contributed by atoms with E-state index in [1.807, 2.05) is 0 Å². The highest BCUT2D eigenvalue weighted by molar-refractivity contribution is 5.71. The lowest BCUT2D eigenvalue weighted by Crippen LogP contribution is -2.25. The van der Waals surface area contributed by atoms with Gasteiger partial charge in [0, 0.05) is 18.8 Å². The molecule has 0 saturated heterocycles. The second-order valence-electron chi connectivity index (χ2n) is 4.33. The molecule has 0 spiro atoms. The Morgan fingerprint density at radius 3 is 2.53 bits per heavy atom. The average Bonchev–Trinajstić information content (AvgIpc) is 2.40. The third kappa shape index (κ3) is 2.09. The van der Waals surface area contributed by atoms with Crippen LogP contribution in [0.2, 0.25) is 0 Å². The molecule has 0 N–H and O–H groups in total. The molecular formula is C16H15N. The van der Waals surface area contributed by atoms with E-state index in [0.29, 0.717) is 0 Å². The van der Waals surface area contributed by atoms with E-state index in [0.717, 1.165) is 13.1 Å². The van der Waals surface area contributed by atoms with Crippen LogP contribution in [0.3, 0.4) is 0 Å². The Morgan fingerprint density at radius 2 is 1.65 bits per heavy atom. The van der Waals surface area contributed by atoms with Crippen LogP contribution in [0, 0.1) is 0 Å². The number of fused-ring (bicyclic) bond motifs is 1. The van der Waals surface area contributed by atoms with Crippen molar-refractivity contribution in [2.24, 2.45) is 0 Å².